The van der Waals surface area contributed by atoms with Gasteiger partial charge in [0.2, 0.25) is 0 Å². The molecule has 34 heavy (non-hydrogen) atoms. The molecular weight excluding hydrogens is 459 g/mol. The number of thioether (sulfide) groups is 1. The maximum absolute atomic E-state index is 13.6. The van der Waals surface area contributed by atoms with Crippen LogP contribution in [-0.2, 0) is 24.4 Å². The van der Waals surface area contributed by atoms with Crippen molar-refractivity contribution in [2.75, 3.05) is 29.6 Å². The fraction of sp³-hybridized carbons (Fsp3) is 0.400. The van der Waals surface area contributed by atoms with Crippen molar-refractivity contribution >= 4 is 29.1 Å². The first kappa shape index (κ1) is 24.3. The van der Waals surface area contributed by atoms with Gasteiger partial charge in [-0.25, -0.2) is 15.0 Å². The van der Waals surface area contributed by atoms with E-state index in [4.69, 9.17) is 4.98 Å². The third kappa shape index (κ3) is 5.29. The van der Waals surface area contributed by atoms with E-state index in [1.165, 1.54) is 29.6 Å². The van der Waals surface area contributed by atoms with E-state index >= 15 is 0 Å². The smallest absolute Gasteiger partial charge is 0.355 e. The van der Waals surface area contributed by atoms with Gasteiger partial charge in [0.15, 0.2) is 5.16 Å². The minimum absolute atomic E-state index is 0.0341. The van der Waals surface area contributed by atoms with Crippen molar-refractivity contribution in [3.8, 4) is 0 Å². The van der Waals surface area contributed by atoms with E-state index in [-0.39, 0.29) is 11.2 Å². The molecule has 5 nitrogen and oxygen atoms in total. The van der Waals surface area contributed by atoms with Crippen molar-refractivity contribution in [2.45, 2.75) is 50.4 Å². The highest BCUT2D eigenvalue weighted by Gasteiger charge is 2.36. The average molecular weight is 488 g/mol. The van der Waals surface area contributed by atoms with E-state index in [9.17, 15) is 13.2 Å². The maximum Gasteiger partial charge on any atom is 0.419 e. The minimum Gasteiger partial charge on any atom is -0.355 e. The number of hydrogen-bond acceptors (Lipinski definition) is 6. The Bertz CT molecular complexity index is 1160. The van der Waals surface area contributed by atoms with Crippen molar-refractivity contribution in [1.29, 1.82) is 0 Å². The molecule has 3 aromatic rings. The molecule has 9 heteroatoms. The highest BCUT2D eigenvalue weighted by molar-refractivity contribution is 7.98. The fourth-order valence-electron chi connectivity index (χ4n) is 4.04. The second-order valence-electron chi connectivity index (χ2n) is 9.30. The lowest BCUT2D eigenvalue weighted by molar-refractivity contribution is -0.137. The zero-order chi connectivity index (χ0) is 24.5. The van der Waals surface area contributed by atoms with Gasteiger partial charge in [0.25, 0.3) is 0 Å². The molecule has 0 atom stereocenters. The summed E-state index contributed by atoms with van der Waals surface area (Å²) in [5.74, 6) is 0.671. The third-order valence-electron chi connectivity index (χ3n) is 5.91. The molecule has 1 N–H and O–H groups in total. The molecule has 180 valence electrons. The van der Waals surface area contributed by atoms with Crippen molar-refractivity contribution in [1.82, 2.24) is 15.0 Å². The number of fused-ring (bicyclic) bond motifs is 1. The second kappa shape index (κ2) is 9.44. The zero-order valence-electron chi connectivity index (χ0n) is 19.7. The monoisotopic (exact) mass is 487 g/mol. The van der Waals surface area contributed by atoms with E-state index in [1.54, 1.807) is 4.90 Å². The van der Waals surface area contributed by atoms with E-state index in [0.29, 0.717) is 36.9 Å². The fourth-order valence-corrected chi connectivity index (χ4v) is 4.43. The highest BCUT2D eigenvalue weighted by Crippen LogP contribution is 2.36. The van der Waals surface area contributed by atoms with Crippen LogP contribution in [0.4, 0.5) is 30.5 Å². The first-order chi connectivity index (χ1) is 16.1. The zero-order valence-corrected chi connectivity index (χ0v) is 20.5. The summed E-state index contributed by atoms with van der Waals surface area (Å²) in [5, 5.41) is 4.06. The van der Waals surface area contributed by atoms with E-state index < -0.39 is 11.7 Å². The summed E-state index contributed by atoms with van der Waals surface area (Å²) in [6, 6.07) is 10.7. The molecule has 0 spiro atoms. The molecule has 1 aromatic carbocycles. The Morgan fingerprint density at radius 3 is 2.32 bits per heavy atom. The van der Waals surface area contributed by atoms with Gasteiger partial charge in [-0.1, -0.05) is 44.7 Å². The van der Waals surface area contributed by atoms with Crippen molar-refractivity contribution in [2.24, 2.45) is 0 Å². The SMILES string of the molecule is CSc1nc2c(c(Nc3ccc(C(C)(C)C)cc3)n1)CCN(c1ncccc1C(F)(F)F)CC2. The molecule has 0 aliphatic carbocycles. The maximum atomic E-state index is 13.6. The summed E-state index contributed by atoms with van der Waals surface area (Å²) in [6.45, 7) is 7.30. The molecule has 3 heterocycles. The summed E-state index contributed by atoms with van der Waals surface area (Å²) < 4.78 is 40.7. The number of alkyl halides is 3. The van der Waals surface area contributed by atoms with Crippen LogP contribution in [0, 0.1) is 0 Å². The lowest BCUT2D eigenvalue weighted by Crippen LogP contribution is -2.29. The number of aromatic nitrogens is 3. The van der Waals surface area contributed by atoms with Crippen LogP contribution in [0.1, 0.15) is 43.2 Å². The first-order valence-corrected chi connectivity index (χ1v) is 12.4. The van der Waals surface area contributed by atoms with Gasteiger partial charge in [-0.15, -0.1) is 0 Å². The van der Waals surface area contributed by atoms with Gasteiger partial charge >= 0.3 is 6.18 Å². The Balaban J connectivity index is 1.63. The normalized spacial score (nSPS) is 14.5. The number of benzene rings is 1. The number of halogens is 3. The van der Waals surface area contributed by atoms with Gasteiger partial charge in [-0.05, 0) is 47.9 Å². The Hall–Kier alpha value is -2.81. The van der Waals surface area contributed by atoms with E-state index in [0.717, 1.165) is 23.0 Å². The van der Waals surface area contributed by atoms with Crippen LogP contribution in [0.2, 0.25) is 0 Å². The molecule has 0 unspecified atom stereocenters. The Kier molecular flexibility index (Phi) is 6.75. The lowest BCUT2D eigenvalue weighted by Gasteiger charge is -2.24. The predicted molar refractivity (Wildman–Crippen MR) is 131 cm³/mol. The Labute approximate surface area is 202 Å². The van der Waals surface area contributed by atoms with Crippen molar-refractivity contribution in [3.63, 3.8) is 0 Å². The summed E-state index contributed by atoms with van der Waals surface area (Å²) in [5.41, 5.74) is 3.28. The van der Waals surface area contributed by atoms with E-state index in [2.05, 4.69) is 48.2 Å². The summed E-state index contributed by atoms with van der Waals surface area (Å²) in [4.78, 5) is 15.2. The molecule has 4 rings (SSSR count). The quantitative estimate of drug-likeness (QED) is 0.346. The van der Waals surface area contributed by atoms with Crippen LogP contribution in [-0.4, -0.2) is 34.3 Å². The number of hydrogen-bond donors (Lipinski definition) is 1. The average Bonchev–Trinajstić information content (AvgIpc) is 3.01. The number of nitrogens with zero attached hydrogens (tertiary/aromatic N) is 4. The molecule has 1 aliphatic heterocycles. The molecule has 0 saturated carbocycles. The van der Waals surface area contributed by atoms with E-state index in [1.807, 2.05) is 18.4 Å². The van der Waals surface area contributed by atoms with Crippen LogP contribution in [0.3, 0.4) is 0 Å². The van der Waals surface area contributed by atoms with Crippen LogP contribution >= 0.6 is 11.8 Å². The molecule has 1 aliphatic rings. The van der Waals surface area contributed by atoms with Crippen LogP contribution in [0.25, 0.3) is 0 Å². The van der Waals surface area contributed by atoms with Gasteiger partial charge in [0.1, 0.15) is 11.6 Å². The van der Waals surface area contributed by atoms with Gasteiger partial charge in [0.05, 0.1) is 11.3 Å². The minimum atomic E-state index is -4.46. The van der Waals surface area contributed by atoms with Gasteiger partial charge in [-0.2, -0.15) is 13.2 Å². The first-order valence-electron chi connectivity index (χ1n) is 11.1. The van der Waals surface area contributed by atoms with Gasteiger partial charge < -0.3 is 10.2 Å². The summed E-state index contributed by atoms with van der Waals surface area (Å²) in [6.07, 6.45) is -0.115. The van der Waals surface area contributed by atoms with Gasteiger partial charge in [0, 0.05) is 37.0 Å². The molecular formula is C25H28F3N5S. The number of pyridine rings is 1. The Morgan fingerprint density at radius 2 is 1.68 bits per heavy atom. The van der Waals surface area contributed by atoms with Crippen LogP contribution in [0.5, 0.6) is 0 Å². The number of anilines is 3. The molecule has 0 amide bonds. The Morgan fingerprint density at radius 1 is 0.971 bits per heavy atom. The number of rotatable bonds is 4. The molecule has 0 fully saturated rings. The number of nitrogens with one attached hydrogen (secondary N) is 1. The predicted octanol–water partition coefficient (Wildman–Crippen LogP) is 6.26. The van der Waals surface area contributed by atoms with Crippen molar-refractivity contribution in [3.05, 3.63) is 65.0 Å². The largest absolute Gasteiger partial charge is 0.419 e. The van der Waals surface area contributed by atoms with Crippen molar-refractivity contribution < 1.29 is 13.2 Å². The molecule has 2 aromatic heterocycles. The summed E-state index contributed by atoms with van der Waals surface area (Å²) in [7, 11) is 0. The van der Waals surface area contributed by atoms with Crippen LogP contribution in [0.15, 0.2) is 47.8 Å². The standard InChI is InChI=1S/C25H28F3N5S/c1-24(2,3)16-7-9-17(10-8-16)30-21-18-11-14-33(15-12-20(18)31-23(32-21)34-4)22-19(25(26,27)28)6-5-13-29-22/h5-10,13H,11-12,14-15H2,1-4H3,(H,30,31,32). The summed E-state index contributed by atoms with van der Waals surface area (Å²) >= 11 is 1.45. The third-order valence-corrected chi connectivity index (χ3v) is 6.46. The lowest BCUT2D eigenvalue weighted by atomic mass is 9.87. The molecule has 0 saturated heterocycles. The molecule has 0 bridgehead atoms. The topological polar surface area (TPSA) is 53.9 Å². The molecule has 0 radical (unpaired) electrons. The van der Waals surface area contributed by atoms with Gasteiger partial charge in [-0.3, -0.25) is 0 Å². The van der Waals surface area contributed by atoms with Crippen LogP contribution < -0.4 is 10.2 Å². The second-order valence-corrected chi connectivity index (χ2v) is 10.1. The highest BCUT2D eigenvalue weighted by atomic mass is 32.2.